The van der Waals surface area contributed by atoms with Crippen LogP contribution in [0.5, 0.6) is 0 Å². The van der Waals surface area contributed by atoms with Crippen LogP contribution in [-0.4, -0.2) is 23.3 Å². The molecular formula is C14H12BrN3OS. The third kappa shape index (κ3) is 2.81. The third-order valence-corrected chi connectivity index (χ3v) is 4.44. The molecule has 0 bridgehead atoms. The molecule has 0 unspecified atom stereocenters. The molecule has 2 amide bonds. The van der Waals surface area contributed by atoms with E-state index in [9.17, 15) is 4.79 Å². The minimum absolute atomic E-state index is 0.123. The number of carbonyl (C=O) groups is 1. The number of nitrogens with one attached hydrogen (secondary N) is 1. The van der Waals surface area contributed by atoms with Crippen LogP contribution in [0.2, 0.25) is 0 Å². The van der Waals surface area contributed by atoms with Crippen molar-refractivity contribution in [2.45, 2.75) is 5.03 Å². The van der Waals surface area contributed by atoms with Crippen molar-refractivity contribution in [2.75, 3.05) is 22.5 Å². The van der Waals surface area contributed by atoms with Gasteiger partial charge in [-0.3, -0.25) is 4.90 Å². The number of hydrogen-bond donors (Lipinski definition) is 1. The molecule has 102 valence electrons. The van der Waals surface area contributed by atoms with E-state index < -0.39 is 0 Å². The average Bonchev–Trinajstić information content (AvgIpc) is 2.49. The lowest BCUT2D eigenvalue weighted by Crippen LogP contribution is -2.38. The SMILES string of the molecule is O=C(Nc1ccc(Br)cc1)N1CCSc2ncccc21. The quantitative estimate of drug-likeness (QED) is 0.846. The van der Waals surface area contributed by atoms with E-state index in [1.165, 1.54) is 0 Å². The van der Waals surface area contributed by atoms with Crippen molar-refractivity contribution in [2.24, 2.45) is 0 Å². The van der Waals surface area contributed by atoms with Gasteiger partial charge >= 0.3 is 6.03 Å². The topological polar surface area (TPSA) is 45.2 Å². The van der Waals surface area contributed by atoms with Crippen LogP contribution in [0.1, 0.15) is 0 Å². The molecular weight excluding hydrogens is 338 g/mol. The Hall–Kier alpha value is -1.53. The molecule has 1 aliphatic rings. The monoisotopic (exact) mass is 349 g/mol. The van der Waals surface area contributed by atoms with Crippen molar-refractivity contribution in [3.63, 3.8) is 0 Å². The maximum absolute atomic E-state index is 12.4. The van der Waals surface area contributed by atoms with Gasteiger partial charge in [0, 0.05) is 28.7 Å². The number of thioether (sulfide) groups is 1. The number of urea groups is 1. The standard InChI is InChI=1S/C14H12BrN3OS/c15-10-3-5-11(6-4-10)17-14(19)18-8-9-20-13-12(18)2-1-7-16-13/h1-7H,8-9H2,(H,17,19). The Morgan fingerprint density at radius 2 is 2.10 bits per heavy atom. The van der Waals surface area contributed by atoms with Crippen LogP contribution >= 0.6 is 27.7 Å². The number of fused-ring (bicyclic) bond motifs is 1. The Kier molecular flexibility index (Phi) is 3.93. The number of rotatable bonds is 1. The number of nitrogens with zero attached hydrogens (tertiary/aromatic N) is 2. The lowest BCUT2D eigenvalue weighted by Gasteiger charge is -2.28. The van der Waals surface area contributed by atoms with Crippen molar-refractivity contribution in [1.29, 1.82) is 0 Å². The summed E-state index contributed by atoms with van der Waals surface area (Å²) in [5.41, 5.74) is 1.65. The highest BCUT2D eigenvalue weighted by atomic mass is 79.9. The van der Waals surface area contributed by atoms with Crippen molar-refractivity contribution < 1.29 is 4.79 Å². The summed E-state index contributed by atoms with van der Waals surface area (Å²) in [7, 11) is 0. The molecule has 1 aliphatic heterocycles. The summed E-state index contributed by atoms with van der Waals surface area (Å²) in [5.74, 6) is 0.859. The number of pyridine rings is 1. The minimum Gasteiger partial charge on any atom is -0.308 e. The Bertz CT molecular complexity index is 633. The first-order valence-corrected chi connectivity index (χ1v) is 7.94. The predicted molar refractivity (Wildman–Crippen MR) is 85.5 cm³/mol. The fourth-order valence-corrected chi connectivity index (χ4v) is 3.18. The van der Waals surface area contributed by atoms with Crippen LogP contribution in [0.3, 0.4) is 0 Å². The van der Waals surface area contributed by atoms with Crippen LogP contribution in [0.4, 0.5) is 16.2 Å². The molecule has 0 spiro atoms. The molecule has 4 nitrogen and oxygen atoms in total. The summed E-state index contributed by atoms with van der Waals surface area (Å²) in [6, 6.07) is 11.2. The Morgan fingerprint density at radius 1 is 1.30 bits per heavy atom. The van der Waals surface area contributed by atoms with E-state index in [1.807, 2.05) is 36.4 Å². The van der Waals surface area contributed by atoms with E-state index >= 15 is 0 Å². The first kappa shape index (κ1) is 13.5. The van der Waals surface area contributed by atoms with Crippen LogP contribution in [-0.2, 0) is 0 Å². The van der Waals surface area contributed by atoms with E-state index in [4.69, 9.17) is 0 Å². The molecule has 2 aromatic rings. The highest BCUT2D eigenvalue weighted by Gasteiger charge is 2.23. The summed E-state index contributed by atoms with van der Waals surface area (Å²) in [5, 5.41) is 3.82. The maximum Gasteiger partial charge on any atom is 0.326 e. The highest BCUT2D eigenvalue weighted by Crippen LogP contribution is 2.32. The average molecular weight is 350 g/mol. The van der Waals surface area contributed by atoms with Crippen LogP contribution in [0, 0.1) is 0 Å². The molecule has 0 fully saturated rings. The molecule has 1 N–H and O–H groups in total. The van der Waals surface area contributed by atoms with E-state index in [-0.39, 0.29) is 6.03 Å². The van der Waals surface area contributed by atoms with Crippen LogP contribution < -0.4 is 10.2 Å². The van der Waals surface area contributed by atoms with Gasteiger partial charge in [-0.1, -0.05) is 15.9 Å². The van der Waals surface area contributed by atoms with Crippen LogP contribution in [0.15, 0.2) is 52.1 Å². The summed E-state index contributed by atoms with van der Waals surface area (Å²) in [4.78, 5) is 18.4. The van der Waals surface area contributed by atoms with Gasteiger partial charge in [0.1, 0.15) is 5.03 Å². The van der Waals surface area contributed by atoms with E-state index in [1.54, 1.807) is 22.9 Å². The number of amides is 2. The number of aromatic nitrogens is 1. The second-order valence-corrected chi connectivity index (χ2v) is 6.26. The van der Waals surface area contributed by atoms with Crippen LogP contribution in [0.25, 0.3) is 0 Å². The molecule has 1 aromatic carbocycles. The molecule has 0 atom stereocenters. The van der Waals surface area contributed by atoms with Gasteiger partial charge in [-0.05, 0) is 36.4 Å². The van der Waals surface area contributed by atoms with E-state index in [2.05, 4.69) is 26.2 Å². The zero-order chi connectivity index (χ0) is 13.9. The van der Waals surface area contributed by atoms with Gasteiger partial charge in [-0.15, -0.1) is 11.8 Å². The van der Waals surface area contributed by atoms with Gasteiger partial charge in [0.15, 0.2) is 0 Å². The third-order valence-electron chi connectivity index (χ3n) is 2.94. The van der Waals surface area contributed by atoms with Crippen molar-refractivity contribution >= 4 is 45.1 Å². The molecule has 0 saturated heterocycles. The zero-order valence-corrected chi connectivity index (χ0v) is 12.9. The Balaban J connectivity index is 1.80. The number of benzene rings is 1. The van der Waals surface area contributed by atoms with Gasteiger partial charge in [-0.2, -0.15) is 0 Å². The first-order chi connectivity index (χ1) is 9.74. The molecule has 0 saturated carbocycles. The number of carbonyl (C=O) groups excluding carboxylic acids is 1. The fourth-order valence-electron chi connectivity index (χ4n) is 1.99. The molecule has 6 heteroatoms. The van der Waals surface area contributed by atoms with Gasteiger partial charge < -0.3 is 5.32 Å². The molecule has 0 radical (unpaired) electrons. The number of hydrogen-bond acceptors (Lipinski definition) is 3. The number of anilines is 2. The van der Waals surface area contributed by atoms with Crippen molar-refractivity contribution in [1.82, 2.24) is 4.98 Å². The van der Waals surface area contributed by atoms with Gasteiger partial charge in [0.05, 0.1) is 5.69 Å². The molecule has 20 heavy (non-hydrogen) atoms. The van der Waals surface area contributed by atoms with Gasteiger partial charge in [-0.25, -0.2) is 9.78 Å². The van der Waals surface area contributed by atoms with E-state index in [0.29, 0.717) is 6.54 Å². The lowest BCUT2D eigenvalue weighted by molar-refractivity contribution is 0.257. The lowest BCUT2D eigenvalue weighted by atomic mass is 10.3. The number of halogens is 1. The van der Waals surface area contributed by atoms with Crippen molar-refractivity contribution in [3.05, 3.63) is 47.1 Å². The summed E-state index contributed by atoms with van der Waals surface area (Å²) in [6.45, 7) is 0.686. The smallest absolute Gasteiger partial charge is 0.308 e. The zero-order valence-electron chi connectivity index (χ0n) is 10.5. The van der Waals surface area contributed by atoms with Gasteiger partial charge in [0.2, 0.25) is 0 Å². The maximum atomic E-state index is 12.4. The van der Waals surface area contributed by atoms with Gasteiger partial charge in [0.25, 0.3) is 0 Å². The van der Waals surface area contributed by atoms with E-state index in [0.717, 1.165) is 26.6 Å². The summed E-state index contributed by atoms with van der Waals surface area (Å²) >= 11 is 5.05. The largest absolute Gasteiger partial charge is 0.326 e. The Labute approximate surface area is 129 Å². The minimum atomic E-state index is -0.123. The molecule has 3 rings (SSSR count). The Morgan fingerprint density at radius 3 is 2.90 bits per heavy atom. The normalized spacial score (nSPS) is 13.8. The molecule has 0 aliphatic carbocycles. The second kappa shape index (κ2) is 5.85. The predicted octanol–water partition coefficient (Wildman–Crippen LogP) is 3.99. The summed E-state index contributed by atoms with van der Waals surface area (Å²) < 4.78 is 0.986. The first-order valence-electron chi connectivity index (χ1n) is 6.16. The molecule has 1 aromatic heterocycles. The molecule has 2 heterocycles. The van der Waals surface area contributed by atoms with Crippen molar-refractivity contribution in [3.8, 4) is 0 Å². The fraction of sp³-hybridized carbons (Fsp3) is 0.143. The second-order valence-electron chi connectivity index (χ2n) is 4.26. The summed E-state index contributed by atoms with van der Waals surface area (Å²) in [6.07, 6.45) is 1.75. The highest BCUT2D eigenvalue weighted by molar-refractivity contribution is 9.10.